The van der Waals surface area contributed by atoms with Gasteiger partial charge in [-0.2, -0.15) is 8.42 Å². The molecule has 0 aromatic heterocycles. The number of benzene rings is 2. The zero-order valence-electron chi connectivity index (χ0n) is 23.5. The topological polar surface area (TPSA) is 54.4 Å². The van der Waals surface area contributed by atoms with Crippen LogP contribution in [0.25, 0.3) is 10.8 Å². The van der Waals surface area contributed by atoms with E-state index in [1.807, 2.05) is 18.2 Å². The summed E-state index contributed by atoms with van der Waals surface area (Å²) in [5.41, 5.74) is 1.81. The molecule has 0 bridgehead atoms. The summed E-state index contributed by atoms with van der Waals surface area (Å²) in [6.45, 7) is 4.49. The lowest BCUT2D eigenvalue weighted by Gasteiger charge is -2.19. The molecule has 210 valence electrons. The predicted molar refractivity (Wildman–Crippen MR) is 161 cm³/mol. The minimum atomic E-state index is -4.42. The Morgan fingerprint density at radius 1 is 0.595 bits per heavy atom. The van der Waals surface area contributed by atoms with Gasteiger partial charge in [-0.15, -0.1) is 0 Å². The van der Waals surface area contributed by atoms with E-state index in [1.54, 1.807) is 0 Å². The van der Waals surface area contributed by atoms with Gasteiger partial charge in [0.2, 0.25) is 0 Å². The summed E-state index contributed by atoms with van der Waals surface area (Å²) in [6, 6.07) is 7.80. The van der Waals surface area contributed by atoms with Gasteiger partial charge in [0.15, 0.2) is 0 Å². The van der Waals surface area contributed by atoms with Gasteiger partial charge in [-0.05, 0) is 42.2 Å². The van der Waals surface area contributed by atoms with Crippen LogP contribution in [-0.2, 0) is 23.0 Å². The number of rotatable bonds is 21. The van der Waals surface area contributed by atoms with E-state index < -0.39 is 10.1 Å². The molecule has 2 rings (SSSR count). The largest absolute Gasteiger partial charge is 0.296 e. The quantitative estimate of drug-likeness (QED) is 0.124. The molecule has 3 nitrogen and oxygen atoms in total. The van der Waals surface area contributed by atoms with Crippen LogP contribution in [-0.4, -0.2) is 13.0 Å². The Labute approximate surface area is 232 Å². The van der Waals surface area contributed by atoms with Crippen LogP contribution in [0.5, 0.6) is 0 Å². The van der Waals surface area contributed by atoms with Crippen molar-refractivity contribution in [3.05, 3.63) is 40.4 Å². The number of fused-ring (bicyclic) bond motifs is 1. The molecule has 0 saturated heterocycles. The first kappa shape index (κ1) is 32.1. The fourth-order valence-corrected chi connectivity index (χ4v) is 6.98. The molecule has 0 saturated carbocycles. The predicted octanol–water partition coefficient (Wildman–Crippen LogP) is 10.9. The molecule has 0 aliphatic rings. The van der Waals surface area contributed by atoms with Crippen molar-refractivity contribution < 1.29 is 13.0 Å². The first-order valence-corrected chi connectivity index (χ1v) is 16.9. The van der Waals surface area contributed by atoms with Crippen molar-refractivity contribution in [1.82, 2.24) is 0 Å². The van der Waals surface area contributed by atoms with Crippen molar-refractivity contribution in [2.45, 2.75) is 147 Å². The fourth-order valence-electron chi connectivity index (χ4n) is 5.54. The Morgan fingerprint density at radius 3 is 1.41 bits per heavy atom. The van der Waals surface area contributed by atoms with Gasteiger partial charge in [0, 0.05) is 5.39 Å². The van der Waals surface area contributed by atoms with Crippen LogP contribution in [0, 0.1) is 0 Å². The van der Waals surface area contributed by atoms with Gasteiger partial charge in [0.05, 0.1) is 5.02 Å². The molecule has 0 spiro atoms. The average molecular weight is 551 g/mol. The van der Waals surface area contributed by atoms with Gasteiger partial charge in [-0.3, -0.25) is 4.55 Å². The SMILES string of the molecule is CCCCCCCCCCCc1c(S(=O)(=O)O)c(Cl)c2ccccc2c1CCCCCCCCCCC. The van der Waals surface area contributed by atoms with Crippen LogP contribution in [0.1, 0.15) is 141 Å². The first-order chi connectivity index (χ1) is 17.9. The number of hydrogen-bond acceptors (Lipinski definition) is 2. The van der Waals surface area contributed by atoms with Crippen LogP contribution in [0.15, 0.2) is 29.2 Å². The number of halogens is 1. The van der Waals surface area contributed by atoms with E-state index in [0.29, 0.717) is 6.42 Å². The highest BCUT2D eigenvalue weighted by atomic mass is 35.5. The van der Waals surface area contributed by atoms with Crippen LogP contribution < -0.4 is 0 Å². The van der Waals surface area contributed by atoms with E-state index in [-0.39, 0.29) is 9.92 Å². The van der Waals surface area contributed by atoms with Crippen molar-refractivity contribution in [2.75, 3.05) is 0 Å². The Kier molecular flexibility index (Phi) is 15.8. The molecule has 37 heavy (non-hydrogen) atoms. The lowest BCUT2D eigenvalue weighted by molar-refractivity contribution is 0.481. The van der Waals surface area contributed by atoms with Crippen LogP contribution in [0.3, 0.4) is 0 Å². The fraction of sp³-hybridized carbons (Fsp3) is 0.688. The second-order valence-electron chi connectivity index (χ2n) is 10.8. The maximum atomic E-state index is 12.5. The summed E-state index contributed by atoms with van der Waals surface area (Å²) in [5.74, 6) is 0. The average Bonchev–Trinajstić information content (AvgIpc) is 2.87. The van der Waals surface area contributed by atoms with Gasteiger partial charge in [-0.25, -0.2) is 0 Å². The summed E-state index contributed by atoms with van der Waals surface area (Å²) >= 11 is 6.64. The molecule has 0 heterocycles. The Hall–Kier alpha value is -1.10. The lowest BCUT2D eigenvalue weighted by Crippen LogP contribution is -2.09. The summed E-state index contributed by atoms with van der Waals surface area (Å²) in [7, 11) is -4.42. The van der Waals surface area contributed by atoms with E-state index in [4.69, 9.17) is 11.6 Å². The zero-order chi connectivity index (χ0) is 26.9. The van der Waals surface area contributed by atoms with Crippen LogP contribution in [0.4, 0.5) is 0 Å². The van der Waals surface area contributed by atoms with E-state index in [0.717, 1.165) is 54.0 Å². The third kappa shape index (κ3) is 11.3. The molecular formula is C32H51ClO3S. The minimum absolute atomic E-state index is 0.0571. The second kappa shape index (κ2) is 18.2. The molecule has 1 N–H and O–H groups in total. The molecular weight excluding hydrogens is 500 g/mol. The highest BCUT2D eigenvalue weighted by Gasteiger charge is 2.25. The third-order valence-corrected chi connectivity index (χ3v) is 9.12. The number of unbranched alkanes of at least 4 members (excludes halogenated alkanes) is 16. The van der Waals surface area contributed by atoms with Crippen molar-refractivity contribution in [1.29, 1.82) is 0 Å². The maximum Gasteiger partial charge on any atom is 0.296 e. The Morgan fingerprint density at radius 2 is 0.973 bits per heavy atom. The molecule has 0 unspecified atom stereocenters. The standard InChI is InChI=1S/C32H51ClO3S/c1-3-5-7-9-11-13-15-17-19-23-28-27-24-21-22-25-29(27)31(33)32(37(34,35)36)30(28)26-20-18-16-14-12-10-8-6-4-2/h21-22,24-25H,3-20,23,26H2,1-2H3,(H,34,35,36). The van der Waals surface area contributed by atoms with Crippen molar-refractivity contribution in [2.24, 2.45) is 0 Å². The highest BCUT2D eigenvalue weighted by molar-refractivity contribution is 7.86. The van der Waals surface area contributed by atoms with E-state index >= 15 is 0 Å². The summed E-state index contributed by atoms with van der Waals surface area (Å²) in [4.78, 5) is -0.0571. The number of hydrogen-bond donors (Lipinski definition) is 1. The van der Waals surface area contributed by atoms with Gasteiger partial charge >= 0.3 is 0 Å². The van der Waals surface area contributed by atoms with Gasteiger partial charge in [0.25, 0.3) is 10.1 Å². The second-order valence-corrected chi connectivity index (χ2v) is 12.5. The highest BCUT2D eigenvalue weighted by Crippen LogP contribution is 2.38. The minimum Gasteiger partial charge on any atom is -0.282 e. The maximum absolute atomic E-state index is 12.5. The van der Waals surface area contributed by atoms with E-state index in [1.165, 1.54) is 89.9 Å². The third-order valence-electron chi connectivity index (χ3n) is 7.64. The summed E-state index contributed by atoms with van der Waals surface area (Å²) < 4.78 is 35.2. The Balaban J connectivity index is 2.08. The molecule has 0 atom stereocenters. The molecule has 0 radical (unpaired) electrons. The molecule has 2 aromatic carbocycles. The lowest BCUT2D eigenvalue weighted by atomic mass is 9.91. The number of aryl methyl sites for hydroxylation is 1. The summed E-state index contributed by atoms with van der Waals surface area (Å²) in [6.07, 6.45) is 23.6. The molecule has 0 aliphatic heterocycles. The van der Waals surface area contributed by atoms with Crippen LogP contribution >= 0.6 is 11.6 Å². The Bertz CT molecular complexity index is 1020. The normalized spacial score (nSPS) is 12.0. The smallest absolute Gasteiger partial charge is 0.282 e. The summed E-state index contributed by atoms with van der Waals surface area (Å²) in [5, 5.41) is 1.92. The molecule has 0 aliphatic carbocycles. The zero-order valence-corrected chi connectivity index (χ0v) is 25.1. The van der Waals surface area contributed by atoms with E-state index in [9.17, 15) is 13.0 Å². The van der Waals surface area contributed by atoms with Crippen molar-refractivity contribution in [3.63, 3.8) is 0 Å². The molecule has 2 aromatic rings. The molecule has 0 amide bonds. The van der Waals surface area contributed by atoms with Crippen molar-refractivity contribution in [3.8, 4) is 0 Å². The van der Waals surface area contributed by atoms with Crippen LogP contribution in [0.2, 0.25) is 5.02 Å². The van der Waals surface area contributed by atoms with Gasteiger partial charge in [-0.1, -0.05) is 152 Å². The van der Waals surface area contributed by atoms with Gasteiger partial charge < -0.3 is 0 Å². The molecule has 5 heteroatoms. The monoisotopic (exact) mass is 550 g/mol. The van der Waals surface area contributed by atoms with Gasteiger partial charge in [0.1, 0.15) is 4.90 Å². The van der Waals surface area contributed by atoms with E-state index in [2.05, 4.69) is 19.9 Å². The first-order valence-electron chi connectivity index (χ1n) is 15.1. The molecule has 0 fully saturated rings. The van der Waals surface area contributed by atoms with Crippen molar-refractivity contribution >= 4 is 32.5 Å².